The molecule has 130 valence electrons. The molecule has 0 atom stereocenters. The zero-order valence-corrected chi connectivity index (χ0v) is 17.5. The fraction of sp³-hybridized carbons (Fsp3) is 0.938. The van der Waals surface area contributed by atoms with Crippen molar-refractivity contribution in [1.29, 1.82) is 0 Å². The summed E-state index contributed by atoms with van der Waals surface area (Å²) in [6, 6.07) is 0.425. The van der Waals surface area contributed by atoms with Gasteiger partial charge in [0, 0.05) is 42.7 Å². The molecule has 0 bridgehead atoms. The molecule has 1 saturated carbocycles. The molecule has 0 amide bonds. The lowest BCUT2D eigenvalue weighted by Crippen LogP contribution is -2.53. The van der Waals surface area contributed by atoms with E-state index < -0.39 is 0 Å². The highest BCUT2D eigenvalue weighted by molar-refractivity contribution is 14.0. The Labute approximate surface area is 157 Å². The molecule has 1 aliphatic carbocycles. The molecule has 2 N–H and O–H groups in total. The Morgan fingerprint density at radius 3 is 2.41 bits per heavy atom. The standard InChI is InChI=1S/C16H32N4S.HI/c1-4-17-15(19-14(2)3)18-13-16(7-5-6-8-16)20-9-11-21-12-10-20;/h14H,4-13H2,1-3H3,(H2,17,18,19);1H. The molecule has 22 heavy (non-hydrogen) atoms. The summed E-state index contributed by atoms with van der Waals surface area (Å²) in [6.07, 6.45) is 5.38. The maximum atomic E-state index is 4.93. The maximum Gasteiger partial charge on any atom is 0.191 e. The zero-order chi connectivity index (χ0) is 15.1. The quantitative estimate of drug-likeness (QED) is 0.392. The second-order valence-corrected chi connectivity index (χ2v) is 7.75. The summed E-state index contributed by atoms with van der Waals surface area (Å²) in [4.78, 5) is 7.66. The lowest BCUT2D eigenvalue weighted by atomic mass is 9.95. The Hall–Kier alpha value is 0.310. The molecule has 0 aromatic rings. The van der Waals surface area contributed by atoms with Crippen LogP contribution in [0.2, 0.25) is 0 Å². The minimum absolute atomic E-state index is 0. The number of hydrogen-bond donors (Lipinski definition) is 2. The second-order valence-electron chi connectivity index (χ2n) is 6.53. The van der Waals surface area contributed by atoms with Crippen LogP contribution in [-0.2, 0) is 0 Å². The molecule has 1 heterocycles. The van der Waals surface area contributed by atoms with Crippen LogP contribution in [0, 0.1) is 0 Å². The van der Waals surface area contributed by atoms with Crippen LogP contribution in [0.1, 0.15) is 46.5 Å². The molecule has 2 fully saturated rings. The Morgan fingerprint density at radius 2 is 1.86 bits per heavy atom. The molecule has 6 heteroatoms. The third kappa shape index (κ3) is 5.74. The van der Waals surface area contributed by atoms with E-state index >= 15 is 0 Å². The van der Waals surface area contributed by atoms with Gasteiger partial charge in [0.15, 0.2) is 5.96 Å². The Balaban J connectivity index is 0.00000242. The summed E-state index contributed by atoms with van der Waals surface area (Å²) in [5.74, 6) is 3.55. The highest BCUT2D eigenvalue weighted by Gasteiger charge is 2.39. The van der Waals surface area contributed by atoms with Crippen LogP contribution in [0.25, 0.3) is 0 Å². The third-order valence-corrected chi connectivity index (χ3v) is 5.46. The van der Waals surface area contributed by atoms with Crippen molar-refractivity contribution in [3.8, 4) is 0 Å². The van der Waals surface area contributed by atoms with Gasteiger partial charge in [-0.15, -0.1) is 24.0 Å². The molecule has 1 aliphatic heterocycles. The van der Waals surface area contributed by atoms with Gasteiger partial charge >= 0.3 is 0 Å². The predicted octanol–water partition coefficient (Wildman–Crippen LogP) is 2.93. The van der Waals surface area contributed by atoms with Gasteiger partial charge in [-0.3, -0.25) is 9.89 Å². The van der Waals surface area contributed by atoms with E-state index in [4.69, 9.17) is 4.99 Å². The van der Waals surface area contributed by atoms with Gasteiger partial charge in [0.1, 0.15) is 0 Å². The minimum atomic E-state index is 0. The molecule has 0 aromatic heterocycles. The van der Waals surface area contributed by atoms with Crippen LogP contribution in [0.5, 0.6) is 0 Å². The molecule has 0 spiro atoms. The predicted molar refractivity (Wildman–Crippen MR) is 110 cm³/mol. The van der Waals surface area contributed by atoms with Crippen molar-refractivity contribution in [3.63, 3.8) is 0 Å². The largest absolute Gasteiger partial charge is 0.357 e. The van der Waals surface area contributed by atoms with Crippen LogP contribution in [0.4, 0.5) is 0 Å². The van der Waals surface area contributed by atoms with Gasteiger partial charge in [0.05, 0.1) is 6.54 Å². The Kier molecular flexibility index (Phi) is 9.47. The summed E-state index contributed by atoms with van der Waals surface area (Å²) in [5, 5.41) is 6.82. The first-order valence-corrected chi connectivity index (χ1v) is 9.69. The van der Waals surface area contributed by atoms with Crippen LogP contribution < -0.4 is 10.6 Å². The van der Waals surface area contributed by atoms with Gasteiger partial charge in [-0.25, -0.2) is 0 Å². The summed E-state index contributed by atoms with van der Waals surface area (Å²) in [7, 11) is 0. The smallest absolute Gasteiger partial charge is 0.191 e. The molecule has 4 nitrogen and oxygen atoms in total. The van der Waals surface area contributed by atoms with E-state index in [1.165, 1.54) is 50.3 Å². The van der Waals surface area contributed by atoms with Crippen LogP contribution in [0.15, 0.2) is 4.99 Å². The van der Waals surface area contributed by atoms with Gasteiger partial charge in [-0.1, -0.05) is 12.8 Å². The van der Waals surface area contributed by atoms with Crippen molar-refractivity contribution in [3.05, 3.63) is 0 Å². The van der Waals surface area contributed by atoms with E-state index in [1.54, 1.807) is 0 Å². The SMILES string of the molecule is CCNC(=NCC1(N2CCSCC2)CCCC1)NC(C)C.I. The molecular formula is C16H33IN4S. The van der Waals surface area contributed by atoms with Crippen molar-refractivity contribution in [2.75, 3.05) is 37.7 Å². The number of guanidine groups is 1. The van der Waals surface area contributed by atoms with Crippen LogP contribution in [0.3, 0.4) is 0 Å². The van der Waals surface area contributed by atoms with Crippen molar-refractivity contribution >= 4 is 41.7 Å². The minimum Gasteiger partial charge on any atom is -0.357 e. The Morgan fingerprint density at radius 1 is 1.23 bits per heavy atom. The number of nitrogens with one attached hydrogen (secondary N) is 2. The second kappa shape index (κ2) is 10.2. The average molecular weight is 440 g/mol. The van der Waals surface area contributed by atoms with E-state index in [0.29, 0.717) is 11.6 Å². The first-order chi connectivity index (χ1) is 10.2. The first kappa shape index (κ1) is 20.4. The normalized spacial score (nSPS) is 22.5. The van der Waals surface area contributed by atoms with Gasteiger partial charge in [0.25, 0.3) is 0 Å². The van der Waals surface area contributed by atoms with Crippen molar-refractivity contribution < 1.29 is 0 Å². The monoisotopic (exact) mass is 440 g/mol. The number of nitrogens with zero attached hydrogens (tertiary/aromatic N) is 2. The summed E-state index contributed by atoms with van der Waals surface area (Å²) in [6.45, 7) is 10.8. The summed E-state index contributed by atoms with van der Waals surface area (Å²) < 4.78 is 0. The van der Waals surface area contributed by atoms with Crippen molar-refractivity contribution in [1.82, 2.24) is 15.5 Å². The van der Waals surface area contributed by atoms with Gasteiger partial charge in [0.2, 0.25) is 0 Å². The number of rotatable bonds is 5. The highest BCUT2D eigenvalue weighted by atomic mass is 127. The fourth-order valence-electron chi connectivity index (χ4n) is 3.46. The molecule has 1 saturated heterocycles. The van der Waals surface area contributed by atoms with Gasteiger partial charge in [-0.2, -0.15) is 11.8 Å². The summed E-state index contributed by atoms with van der Waals surface area (Å²) >= 11 is 2.09. The van der Waals surface area contributed by atoms with E-state index in [-0.39, 0.29) is 24.0 Å². The third-order valence-electron chi connectivity index (χ3n) is 4.52. The highest BCUT2D eigenvalue weighted by Crippen LogP contribution is 2.37. The van der Waals surface area contributed by atoms with E-state index in [2.05, 4.69) is 48.1 Å². The number of hydrogen-bond acceptors (Lipinski definition) is 3. The van der Waals surface area contributed by atoms with E-state index in [9.17, 15) is 0 Å². The molecule has 0 unspecified atom stereocenters. The van der Waals surface area contributed by atoms with E-state index in [0.717, 1.165) is 19.0 Å². The topological polar surface area (TPSA) is 39.7 Å². The van der Waals surface area contributed by atoms with Crippen molar-refractivity contribution in [2.45, 2.75) is 58.0 Å². The molecule has 2 rings (SSSR count). The van der Waals surface area contributed by atoms with Crippen LogP contribution >= 0.6 is 35.7 Å². The van der Waals surface area contributed by atoms with E-state index in [1.807, 2.05) is 0 Å². The van der Waals surface area contributed by atoms with Gasteiger partial charge < -0.3 is 10.6 Å². The van der Waals surface area contributed by atoms with Gasteiger partial charge in [-0.05, 0) is 33.6 Å². The lowest BCUT2D eigenvalue weighted by Gasteiger charge is -2.42. The molecule has 0 radical (unpaired) electrons. The lowest BCUT2D eigenvalue weighted by molar-refractivity contribution is 0.112. The van der Waals surface area contributed by atoms with Crippen LogP contribution in [-0.4, -0.2) is 60.1 Å². The molecular weight excluding hydrogens is 407 g/mol. The summed E-state index contributed by atoms with van der Waals surface area (Å²) in [5.41, 5.74) is 0.334. The number of thioether (sulfide) groups is 1. The molecule has 0 aromatic carbocycles. The first-order valence-electron chi connectivity index (χ1n) is 8.54. The number of aliphatic imine (C=N–C) groups is 1. The molecule has 2 aliphatic rings. The zero-order valence-electron chi connectivity index (χ0n) is 14.4. The fourth-order valence-corrected chi connectivity index (χ4v) is 4.37. The Bertz CT molecular complexity index is 337. The average Bonchev–Trinajstić information content (AvgIpc) is 2.96. The maximum absolute atomic E-state index is 4.93. The number of halogens is 1. The van der Waals surface area contributed by atoms with Crippen molar-refractivity contribution in [2.24, 2.45) is 4.99 Å².